The molecule has 0 spiro atoms. The molecule has 114 valence electrons. The number of thioether (sulfide) groups is 1. The number of fused-ring (bicyclic) bond motifs is 1. The van der Waals surface area contributed by atoms with E-state index in [4.69, 9.17) is 0 Å². The molecule has 1 aromatic heterocycles. The summed E-state index contributed by atoms with van der Waals surface area (Å²) in [4.78, 5) is 12.2. The predicted octanol–water partition coefficient (Wildman–Crippen LogP) is 3.03. The number of rotatable bonds is 6. The van der Waals surface area contributed by atoms with Gasteiger partial charge in [-0.1, -0.05) is 36.0 Å². The SMILES string of the molecule is O=C(CSc1nncc2ccccc12)NC(C1CC1)C1CC1. The smallest absolute Gasteiger partial charge is 0.230 e. The second kappa shape index (κ2) is 5.88. The first-order valence-corrected chi connectivity index (χ1v) is 8.92. The molecule has 2 saturated carbocycles. The Balaban J connectivity index is 1.39. The summed E-state index contributed by atoms with van der Waals surface area (Å²) in [7, 11) is 0. The van der Waals surface area contributed by atoms with Crippen LogP contribution in [0.3, 0.4) is 0 Å². The minimum Gasteiger partial charge on any atom is -0.352 e. The molecule has 0 unspecified atom stereocenters. The molecule has 4 nitrogen and oxygen atoms in total. The molecule has 0 saturated heterocycles. The van der Waals surface area contributed by atoms with E-state index in [1.807, 2.05) is 24.3 Å². The number of carbonyl (C=O) groups excluding carboxylic acids is 1. The Morgan fingerprint density at radius 1 is 1.23 bits per heavy atom. The van der Waals surface area contributed by atoms with E-state index in [0.29, 0.717) is 11.8 Å². The summed E-state index contributed by atoms with van der Waals surface area (Å²) in [6, 6.07) is 8.45. The lowest BCUT2D eigenvalue weighted by atomic mass is 10.1. The maximum Gasteiger partial charge on any atom is 0.230 e. The van der Waals surface area contributed by atoms with Crippen molar-refractivity contribution in [2.24, 2.45) is 11.8 Å². The van der Waals surface area contributed by atoms with Crippen LogP contribution in [0.5, 0.6) is 0 Å². The van der Waals surface area contributed by atoms with Crippen LogP contribution in [0.25, 0.3) is 10.8 Å². The van der Waals surface area contributed by atoms with Crippen LogP contribution < -0.4 is 5.32 Å². The predicted molar refractivity (Wildman–Crippen MR) is 87.6 cm³/mol. The van der Waals surface area contributed by atoms with Gasteiger partial charge in [-0.25, -0.2) is 0 Å². The standard InChI is InChI=1S/C17H19N3OS/c21-15(19-16(11-5-6-11)12-7-8-12)10-22-17-14-4-2-1-3-13(14)9-18-20-17/h1-4,9,11-12,16H,5-8,10H2,(H,19,21). The summed E-state index contributed by atoms with van der Waals surface area (Å²) in [6.07, 6.45) is 6.88. The molecule has 1 amide bonds. The van der Waals surface area contributed by atoms with E-state index in [1.54, 1.807) is 6.20 Å². The molecule has 1 aromatic carbocycles. The number of carbonyl (C=O) groups is 1. The number of nitrogens with zero attached hydrogens (tertiary/aromatic N) is 2. The Hall–Kier alpha value is -1.62. The lowest BCUT2D eigenvalue weighted by molar-refractivity contribution is -0.119. The summed E-state index contributed by atoms with van der Waals surface area (Å²) in [5.41, 5.74) is 0. The van der Waals surface area contributed by atoms with E-state index in [2.05, 4.69) is 15.5 Å². The van der Waals surface area contributed by atoms with E-state index in [-0.39, 0.29) is 5.91 Å². The van der Waals surface area contributed by atoms with Gasteiger partial charge in [-0.15, -0.1) is 5.10 Å². The second-order valence-electron chi connectivity index (χ2n) is 6.29. The van der Waals surface area contributed by atoms with Crippen molar-refractivity contribution >= 4 is 28.4 Å². The number of amides is 1. The molecular weight excluding hydrogens is 294 g/mol. The normalized spacial score (nSPS) is 17.9. The number of hydrogen-bond donors (Lipinski definition) is 1. The number of benzene rings is 1. The monoisotopic (exact) mass is 313 g/mol. The largest absolute Gasteiger partial charge is 0.352 e. The average Bonchev–Trinajstić information content (AvgIpc) is 3.43. The van der Waals surface area contributed by atoms with Crippen LogP contribution in [0.15, 0.2) is 35.5 Å². The molecule has 2 fully saturated rings. The molecule has 22 heavy (non-hydrogen) atoms. The summed E-state index contributed by atoms with van der Waals surface area (Å²) in [5.74, 6) is 2.01. The zero-order chi connectivity index (χ0) is 14.9. The van der Waals surface area contributed by atoms with Crippen LogP contribution in [-0.2, 0) is 4.79 Å². The van der Waals surface area contributed by atoms with Gasteiger partial charge in [0.15, 0.2) is 0 Å². The first kappa shape index (κ1) is 14.0. The number of hydrogen-bond acceptors (Lipinski definition) is 4. The summed E-state index contributed by atoms with van der Waals surface area (Å²) in [5, 5.41) is 14.4. The van der Waals surface area contributed by atoms with Gasteiger partial charge >= 0.3 is 0 Å². The van der Waals surface area contributed by atoms with Crippen molar-refractivity contribution in [3.8, 4) is 0 Å². The third-order valence-corrected chi connectivity index (χ3v) is 5.45. The van der Waals surface area contributed by atoms with Gasteiger partial charge in [-0.05, 0) is 37.5 Å². The first-order valence-electron chi connectivity index (χ1n) is 7.94. The third kappa shape index (κ3) is 3.09. The van der Waals surface area contributed by atoms with Gasteiger partial charge in [0.05, 0.1) is 11.9 Å². The molecule has 0 radical (unpaired) electrons. The highest BCUT2D eigenvalue weighted by Gasteiger charge is 2.42. The molecule has 1 heterocycles. The van der Waals surface area contributed by atoms with Crippen molar-refractivity contribution < 1.29 is 4.79 Å². The summed E-state index contributed by atoms with van der Waals surface area (Å²) >= 11 is 1.48. The maximum atomic E-state index is 12.2. The maximum absolute atomic E-state index is 12.2. The van der Waals surface area contributed by atoms with Crippen molar-refractivity contribution in [3.63, 3.8) is 0 Å². The van der Waals surface area contributed by atoms with E-state index in [9.17, 15) is 4.79 Å². The Morgan fingerprint density at radius 3 is 2.68 bits per heavy atom. The first-order chi connectivity index (χ1) is 10.8. The van der Waals surface area contributed by atoms with Gasteiger partial charge in [0.25, 0.3) is 0 Å². The van der Waals surface area contributed by atoms with Gasteiger partial charge in [-0.3, -0.25) is 4.79 Å². The Kier molecular flexibility index (Phi) is 3.74. The van der Waals surface area contributed by atoms with Gasteiger partial charge in [0.1, 0.15) is 5.03 Å². The molecule has 2 aromatic rings. The van der Waals surface area contributed by atoms with Crippen LogP contribution in [0, 0.1) is 11.8 Å². The van der Waals surface area contributed by atoms with Gasteiger partial charge in [0, 0.05) is 16.8 Å². The molecule has 1 N–H and O–H groups in total. The topological polar surface area (TPSA) is 54.9 Å². The lowest BCUT2D eigenvalue weighted by Gasteiger charge is -2.17. The number of nitrogens with one attached hydrogen (secondary N) is 1. The van der Waals surface area contributed by atoms with Crippen LogP contribution in [0.1, 0.15) is 25.7 Å². The fourth-order valence-electron chi connectivity index (χ4n) is 3.00. The third-order valence-electron chi connectivity index (χ3n) is 4.46. The quantitative estimate of drug-likeness (QED) is 0.833. The van der Waals surface area contributed by atoms with Crippen LogP contribution in [-0.4, -0.2) is 27.9 Å². The fourth-order valence-corrected chi connectivity index (χ4v) is 3.80. The van der Waals surface area contributed by atoms with E-state index < -0.39 is 0 Å². The summed E-state index contributed by atoms with van der Waals surface area (Å²) < 4.78 is 0. The zero-order valence-corrected chi connectivity index (χ0v) is 13.2. The minimum absolute atomic E-state index is 0.128. The fraction of sp³-hybridized carbons (Fsp3) is 0.471. The van der Waals surface area contributed by atoms with Gasteiger partial charge in [-0.2, -0.15) is 5.10 Å². The molecule has 0 aliphatic heterocycles. The lowest BCUT2D eigenvalue weighted by Crippen LogP contribution is -2.39. The van der Waals surface area contributed by atoms with Crippen molar-refractivity contribution in [3.05, 3.63) is 30.5 Å². The van der Waals surface area contributed by atoms with Crippen LogP contribution in [0.4, 0.5) is 0 Å². The molecule has 2 aliphatic carbocycles. The molecule has 0 atom stereocenters. The molecule has 2 aliphatic rings. The Morgan fingerprint density at radius 2 is 1.95 bits per heavy atom. The Labute approximate surface area is 134 Å². The highest BCUT2D eigenvalue weighted by molar-refractivity contribution is 8.00. The van der Waals surface area contributed by atoms with E-state index >= 15 is 0 Å². The molecule has 0 bridgehead atoms. The zero-order valence-electron chi connectivity index (χ0n) is 12.4. The van der Waals surface area contributed by atoms with Crippen molar-refractivity contribution in [1.29, 1.82) is 0 Å². The van der Waals surface area contributed by atoms with Crippen molar-refractivity contribution in [2.45, 2.75) is 36.8 Å². The molecule has 4 rings (SSSR count). The average molecular weight is 313 g/mol. The van der Waals surface area contributed by atoms with E-state index in [0.717, 1.165) is 27.6 Å². The number of aromatic nitrogens is 2. The van der Waals surface area contributed by atoms with Gasteiger partial charge in [0.2, 0.25) is 5.91 Å². The summed E-state index contributed by atoms with van der Waals surface area (Å²) in [6.45, 7) is 0. The van der Waals surface area contributed by atoms with Crippen molar-refractivity contribution in [1.82, 2.24) is 15.5 Å². The molecule has 5 heteroatoms. The van der Waals surface area contributed by atoms with Gasteiger partial charge < -0.3 is 5.32 Å². The highest BCUT2D eigenvalue weighted by Crippen LogP contribution is 2.44. The highest BCUT2D eigenvalue weighted by atomic mass is 32.2. The van der Waals surface area contributed by atoms with Crippen molar-refractivity contribution in [2.75, 3.05) is 5.75 Å². The molecular formula is C17H19N3OS. The Bertz CT molecular complexity index is 680. The second-order valence-corrected chi connectivity index (χ2v) is 7.26. The van der Waals surface area contributed by atoms with Crippen LogP contribution >= 0.6 is 11.8 Å². The van der Waals surface area contributed by atoms with Crippen LogP contribution in [0.2, 0.25) is 0 Å². The minimum atomic E-state index is 0.128. The van der Waals surface area contributed by atoms with E-state index in [1.165, 1.54) is 37.4 Å².